The molecular weight excluding hydrogens is 282 g/mol. The van der Waals surface area contributed by atoms with Crippen molar-refractivity contribution in [1.82, 2.24) is 14.8 Å². The Kier molecular flexibility index (Phi) is 2.94. The Labute approximate surface area is 128 Å². The zero-order valence-electron chi connectivity index (χ0n) is 13.1. The van der Waals surface area contributed by atoms with Gasteiger partial charge in [-0.05, 0) is 13.0 Å². The van der Waals surface area contributed by atoms with Gasteiger partial charge in [-0.1, -0.05) is 39.0 Å². The van der Waals surface area contributed by atoms with Crippen molar-refractivity contribution >= 4 is 5.78 Å². The molecule has 1 N–H and O–H groups in total. The van der Waals surface area contributed by atoms with Gasteiger partial charge in [0.15, 0.2) is 5.60 Å². The number of para-hydroxylation sites is 1. The molecule has 1 aliphatic heterocycles. The van der Waals surface area contributed by atoms with Crippen LogP contribution in [0.3, 0.4) is 0 Å². The number of carbonyl (C=O) groups excluding carboxylic acids is 1. The van der Waals surface area contributed by atoms with E-state index < -0.39 is 16.7 Å². The Hall–Kier alpha value is -2.21. The third-order valence-corrected chi connectivity index (χ3v) is 4.06. The minimum atomic E-state index is -1.68. The highest BCUT2D eigenvalue weighted by molar-refractivity contribution is 5.92. The van der Waals surface area contributed by atoms with E-state index in [9.17, 15) is 9.90 Å². The van der Waals surface area contributed by atoms with E-state index >= 15 is 0 Å². The molecule has 3 rings (SSSR count). The number of ether oxygens (including phenoxy) is 1. The Bertz CT molecular complexity index is 716. The molecule has 0 radical (unpaired) electrons. The standard InChI is InChI=1S/C16H19N3O3/c1-14(2,3)13(20)16(19-10-17-9-18-19)15(4,21)11-7-5-6-8-12(11)22-16/h5-10,21H,1-4H3/t15-,16-/m0/s1. The predicted molar refractivity (Wildman–Crippen MR) is 79.1 cm³/mol. The number of rotatable bonds is 2. The van der Waals surface area contributed by atoms with Gasteiger partial charge in [0.25, 0.3) is 5.72 Å². The van der Waals surface area contributed by atoms with Crippen molar-refractivity contribution in [2.45, 2.75) is 39.0 Å². The average Bonchev–Trinajstić information content (AvgIpc) is 3.03. The Balaban J connectivity index is 2.29. The molecule has 2 atom stereocenters. The van der Waals surface area contributed by atoms with Gasteiger partial charge < -0.3 is 9.84 Å². The highest BCUT2D eigenvalue weighted by Gasteiger charge is 2.65. The van der Waals surface area contributed by atoms with Crippen LogP contribution >= 0.6 is 0 Å². The highest BCUT2D eigenvalue weighted by Crippen LogP contribution is 2.52. The van der Waals surface area contributed by atoms with Crippen molar-refractivity contribution in [3.05, 3.63) is 42.5 Å². The summed E-state index contributed by atoms with van der Waals surface area (Å²) < 4.78 is 7.31. The van der Waals surface area contributed by atoms with E-state index in [1.165, 1.54) is 17.3 Å². The lowest BCUT2D eigenvalue weighted by atomic mass is 9.75. The summed E-state index contributed by atoms with van der Waals surface area (Å²) in [5.74, 6) is 0.201. The second-order valence-corrected chi connectivity index (χ2v) is 6.73. The molecule has 0 saturated heterocycles. The number of aliphatic hydroxyl groups is 1. The fourth-order valence-corrected chi connectivity index (χ4v) is 2.92. The van der Waals surface area contributed by atoms with Crippen LogP contribution in [-0.2, 0) is 16.1 Å². The first-order valence-electron chi connectivity index (χ1n) is 7.12. The smallest absolute Gasteiger partial charge is 0.295 e. The fourth-order valence-electron chi connectivity index (χ4n) is 2.92. The van der Waals surface area contributed by atoms with Gasteiger partial charge in [-0.3, -0.25) is 4.79 Å². The van der Waals surface area contributed by atoms with Gasteiger partial charge in [0.2, 0.25) is 5.78 Å². The molecule has 0 aliphatic carbocycles. The molecule has 6 nitrogen and oxygen atoms in total. The minimum Gasteiger partial charge on any atom is -0.455 e. The van der Waals surface area contributed by atoms with Gasteiger partial charge in [0, 0.05) is 11.0 Å². The molecule has 116 valence electrons. The van der Waals surface area contributed by atoms with Crippen molar-refractivity contribution < 1.29 is 14.6 Å². The van der Waals surface area contributed by atoms with E-state index in [-0.39, 0.29) is 5.78 Å². The van der Waals surface area contributed by atoms with Crippen molar-refractivity contribution in [2.75, 3.05) is 0 Å². The zero-order valence-corrected chi connectivity index (χ0v) is 13.1. The summed E-state index contributed by atoms with van der Waals surface area (Å²) in [7, 11) is 0. The number of fused-ring (bicyclic) bond motifs is 1. The summed E-state index contributed by atoms with van der Waals surface area (Å²) in [5.41, 5.74) is -3.42. The van der Waals surface area contributed by atoms with Crippen LogP contribution in [-0.4, -0.2) is 25.7 Å². The number of nitrogens with zero attached hydrogens (tertiary/aromatic N) is 3. The Morgan fingerprint density at radius 2 is 2.00 bits per heavy atom. The third-order valence-electron chi connectivity index (χ3n) is 4.06. The van der Waals surface area contributed by atoms with E-state index in [2.05, 4.69) is 10.1 Å². The van der Waals surface area contributed by atoms with Gasteiger partial charge in [0.1, 0.15) is 18.4 Å². The molecule has 2 heterocycles. The van der Waals surface area contributed by atoms with E-state index in [1.807, 2.05) is 0 Å². The fraction of sp³-hybridized carbons (Fsp3) is 0.438. The summed E-state index contributed by atoms with van der Waals surface area (Å²) in [6.45, 7) is 6.94. The first-order chi connectivity index (χ1) is 10.2. The Morgan fingerprint density at radius 1 is 1.32 bits per heavy atom. The van der Waals surface area contributed by atoms with Gasteiger partial charge in [-0.2, -0.15) is 5.10 Å². The van der Waals surface area contributed by atoms with Crippen molar-refractivity contribution in [3.8, 4) is 5.75 Å². The number of ketones is 1. The van der Waals surface area contributed by atoms with Gasteiger partial charge >= 0.3 is 0 Å². The van der Waals surface area contributed by atoms with Crippen LogP contribution in [0.15, 0.2) is 36.9 Å². The van der Waals surface area contributed by atoms with Crippen LogP contribution in [0.4, 0.5) is 0 Å². The van der Waals surface area contributed by atoms with Crippen LogP contribution in [0.25, 0.3) is 0 Å². The maximum atomic E-state index is 13.2. The first-order valence-corrected chi connectivity index (χ1v) is 7.12. The molecule has 0 saturated carbocycles. The zero-order chi connectivity index (χ0) is 16.2. The number of hydrogen-bond acceptors (Lipinski definition) is 5. The maximum absolute atomic E-state index is 13.2. The second kappa shape index (κ2) is 4.39. The molecule has 22 heavy (non-hydrogen) atoms. The van der Waals surface area contributed by atoms with Crippen LogP contribution in [0.5, 0.6) is 5.75 Å². The molecule has 0 bridgehead atoms. The van der Waals surface area contributed by atoms with E-state index in [1.54, 1.807) is 52.0 Å². The van der Waals surface area contributed by atoms with E-state index in [0.717, 1.165) is 0 Å². The molecule has 0 amide bonds. The summed E-state index contributed by atoms with van der Waals surface area (Å²) >= 11 is 0. The summed E-state index contributed by atoms with van der Waals surface area (Å²) in [6.07, 6.45) is 2.71. The minimum absolute atomic E-state index is 0.272. The normalized spacial score (nSPS) is 27.3. The predicted octanol–water partition coefficient (Wildman–Crippen LogP) is 1.85. The molecule has 1 aromatic carbocycles. The molecule has 2 aromatic rings. The van der Waals surface area contributed by atoms with Crippen molar-refractivity contribution in [1.29, 1.82) is 0 Å². The number of aromatic nitrogens is 3. The average molecular weight is 301 g/mol. The molecule has 6 heteroatoms. The molecule has 0 spiro atoms. The van der Waals surface area contributed by atoms with Crippen LogP contribution in [0.1, 0.15) is 33.3 Å². The lowest BCUT2D eigenvalue weighted by Crippen LogP contribution is -2.61. The number of Topliss-reactive ketones (excluding diaryl/α,β-unsaturated/α-hetero) is 1. The molecular formula is C16H19N3O3. The molecule has 1 aromatic heterocycles. The van der Waals surface area contributed by atoms with E-state index in [4.69, 9.17) is 4.74 Å². The van der Waals surface area contributed by atoms with Crippen molar-refractivity contribution in [2.24, 2.45) is 5.41 Å². The SMILES string of the molecule is CC(C)(C)C(=O)[C@]1(n2cncn2)Oc2ccccc2[C@]1(C)O. The highest BCUT2D eigenvalue weighted by atomic mass is 16.6. The van der Waals surface area contributed by atoms with Gasteiger partial charge in [0.05, 0.1) is 0 Å². The molecule has 0 unspecified atom stereocenters. The summed E-state index contributed by atoms with van der Waals surface area (Å²) in [4.78, 5) is 17.1. The largest absolute Gasteiger partial charge is 0.455 e. The number of benzene rings is 1. The number of carbonyl (C=O) groups is 1. The monoisotopic (exact) mass is 301 g/mol. The number of hydrogen-bond donors (Lipinski definition) is 1. The van der Waals surface area contributed by atoms with Crippen LogP contribution in [0, 0.1) is 5.41 Å². The first kappa shape index (κ1) is 14.7. The Morgan fingerprint density at radius 3 is 2.55 bits per heavy atom. The maximum Gasteiger partial charge on any atom is 0.295 e. The molecule has 1 aliphatic rings. The van der Waals surface area contributed by atoms with Gasteiger partial charge in [-0.15, -0.1) is 0 Å². The lowest BCUT2D eigenvalue weighted by Gasteiger charge is -2.40. The third kappa shape index (κ3) is 1.73. The topological polar surface area (TPSA) is 77.2 Å². The van der Waals surface area contributed by atoms with Gasteiger partial charge in [-0.25, -0.2) is 9.67 Å². The summed E-state index contributed by atoms with van der Waals surface area (Å²) in [5, 5.41) is 15.3. The second-order valence-electron chi connectivity index (χ2n) is 6.73. The quantitative estimate of drug-likeness (QED) is 0.916. The van der Waals surface area contributed by atoms with Crippen molar-refractivity contribution in [3.63, 3.8) is 0 Å². The van der Waals surface area contributed by atoms with Crippen LogP contribution in [0.2, 0.25) is 0 Å². The summed E-state index contributed by atoms with van der Waals surface area (Å²) in [6, 6.07) is 7.09. The van der Waals surface area contributed by atoms with E-state index in [0.29, 0.717) is 11.3 Å². The lowest BCUT2D eigenvalue weighted by molar-refractivity contribution is -0.189. The molecule has 0 fully saturated rings. The van der Waals surface area contributed by atoms with Crippen LogP contribution < -0.4 is 4.74 Å².